The molecule has 0 fully saturated rings. The van der Waals surface area contributed by atoms with Gasteiger partial charge in [-0.1, -0.05) is 33.8 Å². The van der Waals surface area contributed by atoms with Crippen molar-refractivity contribution in [1.82, 2.24) is 0 Å². The highest BCUT2D eigenvalue weighted by Crippen LogP contribution is 2.28. The predicted molar refractivity (Wildman–Crippen MR) is 84.5 cm³/mol. The highest BCUT2D eigenvalue weighted by Gasteiger charge is 2.24. The third-order valence-corrected chi connectivity index (χ3v) is 4.01. The van der Waals surface area contributed by atoms with Crippen LogP contribution in [-0.4, -0.2) is 11.6 Å². The van der Waals surface area contributed by atoms with Crippen LogP contribution in [0.2, 0.25) is 0 Å². The molecule has 2 nitrogen and oxygen atoms in total. The maximum absolute atomic E-state index is 12.2. The average molecular weight is 278 g/mol. The standard InChI is InChI=1S/C18H30O2/c1-7-18(5,6)20-17(19)16-10-8-9-15(12-16)14(4)11-13(2)3/h9,12-14H,7-8,10-11H2,1-6H3. The molecule has 0 saturated heterocycles. The molecule has 1 unspecified atom stereocenters. The lowest BCUT2D eigenvalue weighted by Gasteiger charge is -2.25. The van der Waals surface area contributed by atoms with Gasteiger partial charge in [0.1, 0.15) is 5.60 Å². The van der Waals surface area contributed by atoms with Gasteiger partial charge in [0, 0.05) is 5.57 Å². The zero-order valence-electron chi connectivity index (χ0n) is 14.0. The Bertz CT molecular complexity index is 400. The molecule has 1 atom stereocenters. The van der Waals surface area contributed by atoms with Crippen molar-refractivity contribution in [2.75, 3.05) is 0 Å². The maximum Gasteiger partial charge on any atom is 0.334 e. The fraction of sp³-hybridized carbons (Fsp3) is 0.722. The quantitative estimate of drug-likeness (QED) is 0.636. The van der Waals surface area contributed by atoms with Gasteiger partial charge in [-0.2, -0.15) is 0 Å². The minimum Gasteiger partial charge on any atom is -0.456 e. The van der Waals surface area contributed by atoms with E-state index in [-0.39, 0.29) is 11.6 Å². The number of hydrogen-bond donors (Lipinski definition) is 0. The SMILES string of the molecule is CCC(C)(C)OC(=O)C1=CC(C(C)CC(C)C)=CCC1. The average Bonchev–Trinajstić information content (AvgIpc) is 2.37. The molecule has 20 heavy (non-hydrogen) atoms. The van der Waals surface area contributed by atoms with Crippen molar-refractivity contribution in [1.29, 1.82) is 0 Å². The van der Waals surface area contributed by atoms with Crippen LogP contribution >= 0.6 is 0 Å². The molecule has 0 saturated carbocycles. The van der Waals surface area contributed by atoms with Gasteiger partial charge >= 0.3 is 5.97 Å². The highest BCUT2D eigenvalue weighted by molar-refractivity contribution is 5.89. The molecule has 0 aromatic carbocycles. The van der Waals surface area contributed by atoms with Crippen LogP contribution < -0.4 is 0 Å². The lowest BCUT2D eigenvalue weighted by atomic mass is 9.86. The van der Waals surface area contributed by atoms with Crippen molar-refractivity contribution in [2.24, 2.45) is 11.8 Å². The van der Waals surface area contributed by atoms with Crippen molar-refractivity contribution in [3.05, 3.63) is 23.3 Å². The molecule has 0 aliphatic heterocycles. The molecule has 1 aliphatic carbocycles. The van der Waals surface area contributed by atoms with E-state index in [1.54, 1.807) is 0 Å². The molecule has 2 heteroatoms. The van der Waals surface area contributed by atoms with E-state index in [0.29, 0.717) is 11.8 Å². The van der Waals surface area contributed by atoms with E-state index in [4.69, 9.17) is 4.74 Å². The summed E-state index contributed by atoms with van der Waals surface area (Å²) in [5.74, 6) is 1.05. The smallest absolute Gasteiger partial charge is 0.334 e. The molecule has 0 heterocycles. The van der Waals surface area contributed by atoms with Crippen molar-refractivity contribution in [3.63, 3.8) is 0 Å². The summed E-state index contributed by atoms with van der Waals surface area (Å²) in [4.78, 5) is 12.2. The van der Waals surface area contributed by atoms with E-state index < -0.39 is 0 Å². The number of rotatable bonds is 6. The third kappa shape index (κ3) is 5.15. The van der Waals surface area contributed by atoms with E-state index in [0.717, 1.165) is 31.3 Å². The summed E-state index contributed by atoms with van der Waals surface area (Å²) in [5, 5.41) is 0. The van der Waals surface area contributed by atoms with Crippen LogP contribution in [0.3, 0.4) is 0 Å². The Morgan fingerprint density at radius 2 is 2.00 bits per heavy atom. The van der Waals surface area contributed by atoms with Crippen LogP contribution in [-0.2, 0) is 9.53 Å². The topological polar surface area (TPSA) is 26.3 Å². The second-order valence-corrected chi connectivity index (χ2v) is 6.95. The van der Waals surface area contributed by atoms with Crippen LogP contribution in [0, 0.1) is 11.8 Å². The van der Waals surface area contributed by atoms with Crippen LogP contribution in [0.15, 0.2) is 23.3 Å². The van der Waals surface area contributed by atoms with Crippen molar-refractivity contribution >= 4 is 5.97 Å². The van der Waals surface area contributed by atoms with Crippen LogP contribution in [0.4, 0.5) is 0 Å². The summed E-state index contributed by atoms with van der Waals surface area (Å²) in [6, 6.07) is 0. The summed E-state index contributed by atoms with van der Waals surface area (Å²) < 4.78 is 5.60. The van der Waals surface area contributed by atoms with Crippen molar-refractivity contribution < 1.29 is 9.53 Å². The molecule has 114 valence electrons. The molecule has 0 N–H and O–H groups in total. The lowest BCUT2D eigenvalue weighted by molar-refractivity contribution is -0.151. The Morgan fingerprint density at radius 3 is 2.55 bits per heavy atom. The largest absolute Gasteiger partial charge is 0.456 e. The van der Waals surface area contributed by atoms with Gasteiger partial charge in [-0.3, -0.25) is 0 Å². The van der Waals surface area contributed by atoms with Gasteiger partial charge < -0.3 is 4.74 Å². The predicted octanol–water partition coefficient (Wildman–Crippen LogP) is 5.05. The summed E-state index contributed by atoms with van der Waals surface area (Å²) in [6.45, 7) is 12.7. The summed E-state index contributed by atoms with van der Waals surface area (Å²) >= 11 is 0. The van der Waals surface area contributed by atoms with Crippen LogP contribution in [0.25, 0.3) is 0 Å². The number of carbonyl (C=O) groups excluding carboxylic acids is 1. The van der Waals surface area contributed by atoms with Crippen LogP contribution in [0.5, 0.6) is 0 Å². The van der Waals surface area contributed by atoms with E-state index in [1.165, 1.54) is 5.57 Å². The number of allylic oxidation sites excluding steroid dienone is 3. The van der Waals surface area contributed by atoms with Gasteiger partial charge in [-0.15, -0.1) is 0 Å². The van der Waals surface area contributed by atoms with E-state index in [1.807, 2.05) is 20.8 Å². The Balaban J connectivity index is 2.74. The number of hydrogen-bond acceptors (Lipinski definition) is 2. The first-order valence-electron chi connectivity index (χ1n) is 7.89. The van der Waals surface area contributed by atoms with E-state index in [2.05, 4.69) is 32.9 Å². The zero-order valence-corrected chi connectivity index (χ0v) is 14.0. The highest BCUT2D eigenvalue weighted by atomic mass is 16.6. The molecule has 0 radical (unpaired) electrons. The minimum absolute atomic E-state index is 0.140. The number of ether oxygens (including phenoxy) is 1. The van der Waals surface area contributed by atoms with Crippen molar-refractivity contribution in [3.8, 4) is 0 Å². The van der Waals surface area contributed by atoms with Crippen LogP contribution in [0.1, 0.15) is 67.2 Å². The number of esters is 1. The molecule has 0 amide bonds. The number of carbonyl (C=O) groups is 1. The first-order valence-corrected chi connectivity index (χ1v) is 7.89. The second kappa shape index (κ2) is 7.10. The third-order valence-electron chi connectivity index (χ3n) is 4.01. The Labute approximate surface area is 124 Å². The second-order valence-electron chi connectivity index (χ2n) is 6.95. The molecule has 1 aliphatic rings. The summed E-state index contributed by atoms with van der Waals surface area (Å²) in [6.07, 6.45) is 8.07. The van der Waals surface area contributed by atoms with Gasteiger partial charge in [0.25, 0.3) is 0 Å². The molecule has 1 rings (SSSR count). The summed E-state index contributed by atoms with van der Waals surface area (Å²) in [5.41, 5.74) is 1.76. The normalized spacial score (nSPS) is 17.6. The molecule has 0 aromatic heterocycles. The van der Waals surface area contributed by atoms with Gasteiger partial charge in [-0.25, -0.2) is 4.79 Å². The summed E-state index contributed by atoms with van der Waals surface area (Å²) in [7, 11) is 0. The molecule has 0 spiro atoms. The fourth-order valence-corrected chi connectivity index (χ4v) is 2.46. The minimum atomic E-state index is -0.372. The fourth-order valence-electron chi connectivity index (χ4n) is 2.46. The van der Waals surface area contributed by atoms with Gasteiger partial charge in [-0.05, 0) is 63.0 Å². The first-order chi connectivity index (χ1) is 9.25. The monoisotopic (exact) mass is 278 g/mol. The Morgan fingerprint density at radius 1 is 1.35 bits per heavy atom. The van der Waals surface area contributed by atoms with Crippen molar-refractivity contribution in [2.45, 2.75) is 72.8 Å². The van der Waals surface area contributed by atoms with Gasteiger partial charge in [0.05, 0.1) is 0 Å². The zero-order chi connectivity index (χ0) is 15.3. The first kappa shape index (κ1) is 17.0. The van der Waals surface area contributed by atoms with Gasteiger partial charge in [0.2, 0.25) is 0 Å². The van der Waals surface area contributed by atoms with Gasteiger partial charge in [0.15, 0.2) is 0 Å². The maximum atomic E-state index is 12.2. The molecular formula is C18H30O2. The van der Waals surface area contributed by atoms with E-state index >= 15 is 0 Å². The molecule has 0 aromatic rings. The van der Waals surface area contributed by atoms with E-state index in [9.17, 15) is 4.79 Å². The lowest BCUT2D eigenvalue weighted by Crippen LogP contribution is -2.28. The Hall–Kier alpha value is -1.05. The molecular weight excluding hydrogens is 248 g/mol. The molecule has 0 bridgehead atoms. The Kier molecular flexibility index (Phi) is 6.04.